The topological polar surface area (TPSA) is 18.5 Å². The standard InChI is InChI=1S/C16H15BrO2/c1-18-15-9-5-7-13(16(15)19-2)11-10-12-6-3-4-8-14(12)17/h3-11H,1-2H3/b11-10-. The first-order valence-electron chi connectivity index (χ1n) is 5.90. The maximum absolute atomic E-state index is 5.40. The van der Waals surface area contributed by atoms with Crippen LogP contribution in [0.15, 0.2) is 46.9 Å². The van der Waals surface area contributed by atoms with Crippen molar-refractivity contribution in [3.63, 3.8) is 0 Å². The van der Waals surface area contributed by atoms with Crippen molar-refractivity contribution in [3.8, 4) is 11.5 Å². The number of benzene rings is 2. The van der Waals surface area contributed by atoms with Crippen LogP contribution in [0, 0.1) is 0 Å². The molecule has 2 aromatic carbocycles. The van der Waals surface area contributed by atoms with Gasteiger partial charge < -0.3 is 9.47 Å². The van der Waals surface area contributed by atoms with Gasteiger partial charge in [-0.1, -0.05) is 58.4 Å². The lowest BCUT2D eigenvalue weighted by atomic mass is 10.1. The van der Waals surface area contributed by atoms with Gasteiger partial charge in [-0.25, -0.2) is 0 Å². The van der Waals surface area contributed by atoms with E-state index in [9.17, 15) is 0 Å². The Labute approximate surface area is 121 Å². The summed E-state index contributed by atoms with van der Waals surface area (Å²) in [5.41, 5.74) is 2.10. The van der Waals surface area contributed by atoms with Gasteiger partial charge >= 0.3 is 0 Å². The van der Waals surface area contributed by atoms with Crippen molar-refractivity contribution in [1.29, 1.82) is 0 Å². The lowest BCUT2D eigenvalue weighted by Gasteiger charge is -2.09. The molecule has 0 N–H and O–H groups in total. The van der Waals surface area contributed by atoms with Crippen LogP contribution in [-0.4, -0.2) is 14.2 Å². The van der Waals surface area contributed by atoms with Gasteiger partial charge in [-0.3, -0.25) is 0 Å². The fraction of sp³-hybridized carbons (Fsp3) is 0.125. The lowest BCUT2D eigenvalue weighted by molar-refractivity contribution is 0.354. The van der Waals surface area contributed by atoms with Crippen molar-refractivity contribution in [1.82, 2.24) is 0 Å². The lowest BCUT2D eigenvalue weighted by Crippen LogP contribution is -1.92. The fourth-order valence-corrected chi connectivity index (χ4v) is 2.25. The molecule has 0 heterocycles. The number of halogens is 1. The highest BCUT2D eigenvalue weighted by Crippen LogP contribution is 2.32. The van der Waals surface area contributed by atoms with Crippen molar-refractivity contribution in [2.75, 3.05) is 14.2 Å². The molecule has 0 atom stereocenters. The third-order valence-electron chi connectivity index (χ3n) is 2.78. The number of ether oxygens (including phenoxy) is 2. The number of hydrogen-bond acceptors (Lipinski definition) is 2. The number of hydrogen-bond donors (Lipinski definition) is 0. The zero-order chi connectivity index (χ0) is 13.7. The quantitative estimate of drug-likeness (QED) is 0.765. The Balaban J connectivity index is 2.36. The van der Waals surface area contributed by atoms with E-state index in [0.717, 1.165) is 27.1 Å². The molecular weight excluding hydrogens is 304 g/mol. The molecule has 0 radical (unpaired) electrons. The van der Waals surface area contributed by atoms with E-state index in [1.807, 2.05) is 54.6 Å². The molecule has 0 aromatic heterocycles. The van der Waals surface area contributed by atoms with E-state index < -0.39 is 0 Å². The summed E-state index contributed by atoms with van der Waals surface area (Å²) >= 11 is 3.53. The molecular formula is C16H15BrO2. The average molecular weight is 319 g/mol. The van der Waals surface area contributed by atoms with Crippen molar-refractivity contribution in [2.24, 2.45) is 0 Å². The normalized spacial score (nSPS) is 10.7. The molecule has 0 unspecified atom stereocenters. The van der Waals surface area contributed by atoms with Gasteiger partial charge in [-0.15, -0.1) is 0 Å². The summed E-state index contributed by atoms with van der Waals surface area (Å²) in [7, 11) is 3.28. The van der Waals surface area contributed by atoms with Gasteiger partial charge in [-0.05, 0) is 17.7 Å². The first kappa shape index (κ1) is 13.7. The molecule has 0 aliphatic heterocycles. The Morgan fingerprint density at radius 1 is 0.842 bits per heavy atom. The van der Waals surface area contributed by atoms with Gasteiger partial charge in [0.2, 0.25) is 0 Å². The molecule has 0 bridgehead atoms. The van der Waals surface area contributed by atoms with Crippen LogP contribution >= 0.6 is 15.9 Å². The molecule has 0 aliphatic rings. The Bertz CT molecular complexity index is 591. The second-order valence-electron chi connectivity index (χ2n) is 3.94. The van der Waals surface area contributed by atoms with Crippen molar-refractivity contribution >= 4 is 28.1 Å². The van der Waals surface area contributed by atoms with Crippen LogP contribution in [0.25, 0.3) is 12.2 Å². The fourth-order valence-electron chi connectivity index (χ4n) is 1.83. The van der Waals surface area contributed by atoms with Gasteiger partial charge in [0.05, 0.1) is 14.2 Å². The highest BCUT2D eigenvalue weighted by molar-refractivity contribution is 9.10. The Morgan fingerprint density at radius 2 is 1.53 bits per heavy atom. The smallest absolute Gasteiger partial charge is 0.167 e. The zero-order valence-corrected chi connectivity index (χ0v) is 12.5. The van der Waals surface area contributed by atoms with Crippen molar-refractivity contribution in [2.45, 2.75) is 0 Å². The molecule has 2 rings (SSSR count). The van der Waals surface area contributed by atoms with Crippen LogP contribution in [0.2, 0.25) is 0 Å². The van der Waals surface area contributed by atoms with Crippen LogP contribution in [0.1, 0.15) is 11.1 Å². The van der Waals surface area contributed by atoms with Crippen molar-refractivity contribution < 1.29 is 9.47 Å². The second-order valence-corrected chi connectivity index (χ2v) is 4.79. The van der Waals surface area contributed by atoms with Crippen LogP contribution in [0.3, 0.4) is 0 Å². The summed E-state index contributed by atoms with van der Waals surface area (Å²) in [6.07, 6.45) is 4.06. The third-order valence-corrected chi connectivity index (χ3v) is 3.50. The van der Waals surface area contributed by atoms with Crippen LogP contribution in [0.4, 0.5) is 0 Å². The van der Waals surface area contributed by atoms with E-state index >= 15 is 0 Å². The molecule has 0 fully saturated rings. The van der Waals surface area contributed by atoms with E-state index in [-0.39, 0.29) is 0 Å². The van der Waals surface area contributed by atoms with E-state index in [0.29, 0.717) is 0 Å². The molecule has 2 nitrogen and oxygen atoms in total. The van der Waals surface area contributed by atoms with Crippen LogP contribution in [0.5, 0.6) is 11.5 Å². The Kier molecular flexibility index (Phi) is 4.63. The molecule has 0 spiro atoms. The van der Waals surface area contributed by atoms with E-state index in [4.69, 9.17) is 9.47 Å². The molecule has 98 valence electrons. The minimum atomic E-state index is 0.733. The minimum Gasteiger partial charge on any atom is -0.493 e. The minimum absolute atomic E-state index is 0.733. The van der Waals surface area contributed by atoms with Gasteiger partial charge in [0.1, 0.15) is 0 Å². The van der Waals surface area contributed by atoms with Crippen LogP contribution in [-0.2, 0) is 0 Å². The maximum Gasteiger partial charge on any atom is 0.167 e. The van der Waals surface area contributed by atoms with Gasteiger partial charge in [0.15, 0.2) is 11.5 Å². The van der Waals surface area contributed by atoms with Crippen molar-refractivity contribution in [3.05, 3.63) is 58.1 Å². The summed E-state index contributed by atoms with van der Waals surface area (Å²) in [4.78, 5) is 0. The first-order chi connectivity index (χ1) is 9.26. The number of rotatable bonds is 4. The van der Waals surface area contributed by atoms with Crippen LogP contribution < -0.4 is 9.47 Å². The highest BCUT2D eigenvalue weighted by atomic mass is 79.9. The highest BCUT2D eigenvalue weighted by Gasteiger charge is 2.06. The van der Waals surface area contributed by atoms with E-state index in [2.05, 4.69) is 15.9 Å². The number of methoxy groups -OCH3 is 2. The Hall–Kier alpha value is -1.74. The SMILES string of the molecule is COc1cccc(/C=C\c2ccccc2Br)c1OC. The summed E-state index contributed by atoms with van der Waals surface area (Å²) < 4.78 is 11.7. The second kappa shape index (κ2) is 6.43. The third kappa shape index (κ3) is 3.18. The van der Waals surface area contributed by atoms with Gasteiger partial charge in [0.25, 0.3) is 0 Å². The molecule has 0 saturated carbocycles. The predicted octanol–water partition coefficient (Wildman–Crippen LogP) is 4.64. The summed E-state index contributed by atoms with van der Waals surface area (Å²) in [6, 6.07) is 13.9. The first-order valence-corrected chi connectivity index (χ1v) is 6.69. The molecule has 0 amide bonds. The monoisotopic (exact) mass is 318 g/mol. The zero-order valence-electron chi connectivity index (χ0n) is 10.9. The summed E-state index contributed by atoms with van der Waals surface area (Å²) in [6.45, 7) is 0. The molecule has 2 aromatic rings. The average Bonchev–Trinajstić information content (AvgIpc) is 2.45. The summed E-state index contributed by atoms with van der Waals surface area (Å²) in [5.74, 6) is 1.48. The van der Waals surface area contributed by atoms with Gasteiger partial charge in [-0.2, -0.15) is 0 Å². The molecule has 0 saturated heterocycles. The largest absolute Gasteiger partial charge is 0.493 e. The van der Waals surface area contributed by atoms with E-state index in [1.165, 1.54) is 0 Å². The summed E-state index contributed by atoms with van der Waals surface area (Å²) in [5, 5.41) is 0. The molecule has 3 heteroatoms. The molecule has 19 heavy (non-hydrogen) atoms. The van der Waals surface area contributed by atoms with E-state index in [1.54, 1.807) is 14.2 Å². The molecule has 0 aliphatic carbocycles. The Morgan fingerprint density at radius 3 is 2.21 bits per heavy atom. The maximum atomic E-state index is 5.40. The number of para-hydroxylation sites is 1. The predicted molar refractivity (Wildman–Crippen MR) is 82.6 cm³/mol. The van der Waals surface area contributed by atoms with Gasteiger partial charge in [0, 0.05) is 10.0 Å².